The maximum absolute atomic E-state index is 5.93. The summed E-state index contributed by atoms with van der Waals surface area (Å²) in [5.74, 6) is 0. The Hall–Kier alpha value is -0.503. The van der Waals surface area contributed by atoms with E-state index in [-0.39, 0.29) is 5.04 Å². The molecule has 0 saturated carbocycles. The highest BCUT2D eigenvalue weighted by molar-refractivity contribution is 6.74. The highest BCUT2D eigenvalue weighted by Crippen LogP contribution is 2.36. The lowest BCUT2D eigenvalue weighted by molar-refractivity contribution is 0.430. The summed E-state index contributed by atoms with van der Waals surface area (Å²) in [6, 6.07) is 0. The smallest absolute Gasteiger partial charge is 0.249 e. The summed E-state index contributed by atoms with van der Waals surface area (Å²) in [7, 11) is -1.61. The van der Waals surface area contributed by atoms with Gasteiger partial charge in [0.15, 0.2) is 0 Å². The van der Waals surface area contributed by atoms with Gasteiger partial charge in [0.2, 0.25) is 8.32 Å². The van der Waals surface area contributed by atoms with Gasteiger partial charge in [0, 0.05) is 0 Å². The van der Waals surface area contributed by atoms with Crippen molar-refractivity contribution in [3.63, 3.8) is 0 Å². The second kappa shape index (κ2) is 7.75. The zero-order chi connectivity index (χ0) is 13.4. The Bertz CT molecular complexity index is 246. The molecule has 2 heteroatoms. The van der Waals surface area contributed by atoms with Crippen LogP contribution in [0, 0.1) is 0 Å². The lowest BCUT2D eigenvalue weighted by Gasteiger charge is -2.34. The van der Waals surface area contributed by atoms with Crippen LogP contribution in [0.3, 0.4) is 0 Å². The molecule has 0 aliphatic rings. The molecule has 0 spiro atoms. The zero-order valence-corrected chi connectivity index (χ0v) is 13.5. The molecule has 0 heterocycles. The SMILES string of the molecule is CCCCC/C=C/C=C\O[Si](C)(C)C(C)(C)C. The molecule has 1 nitrogen and oxygen atoms in total. The third-order valence-electron chi connectivity index (χ3n) is 3.47. The van der Waals surface area contributed by atoms with Crippen molar-refractivity contribution in [3.8, 4) is 0 Å². The fraction of sp³-hybridized carbons (Fsp3) is 0.733. The van der Waals surface area contributed by atoms with E-state index in [0.717, 1.165) is 0 Å². The van der Waals surface area contributed by atoms with Gasteiger partial charge in [-0.2, -0.15) is 0 Å². The lowest BCUT2D eigenvalue weighted by Crippen LogP contribution is -2.39. The van der Waals surface area contributed by atoms with E-state index in [4.69, 9.17) is 4.43 Å². The van der Waals surface area contributed by atoms with Gasteiger partial charge < -0.3 is 4.43 Å². The second-order valence-corrected chi connectivity index (χ2v) is 10.9. The first kappa shape index (κ1) is 16.5. The summed E-state index contributed by atoms with van der Waals surface area (Å²) in [5, 5.41) is 0.280. The van der Waals surface area contributed by atoms with Crippen LogP contribution in [0.1, 0.15) is 53.4 Å². The van der Waals surface area contributed by atoms with Crippen molar-refractivity contribution >= 4 is 8.32 Å². The van der Waals surface area contributed by atoms with E-state index in [1.807, 2.05) is 12.3 Å². The third-order valence-corrected chi connectivity index (χ3v) is 7.81. The van der Waals surface area contributed by atoms with Gasteiger partial charge in [-0.25, -0.2) is 0 Å². The van der Waals surface area contributed by atoms with E-state index in [1.54, 1.807) is 0 Å². The monoisotopic (exact) mass is 254 g/mol. The molecule has 0 saturated heterocycles. The summed E-state index contributed by atoms with van der Waals surface area (Å²) in [5.41, 5.74) is 0. The van der Waals surface area contributed by atoms with Crippen molar-refractivity contribution in [1.82, 2.24) is 0 Å². The minimum absolute atomic E-state index is 0.280. The third kappa shape index (κ3) is 7.43. The number of unbranched alkanes of at least 4 members (excludes halogenated alkanes) is 3. The van der Waals surface area contributed by atoms with Crippen molar-refractivity contribution in [1.29, 1.82) is 0 Å². The molecule has 0 radical (unpaired) electrons. The van der Waals surface area contributed by atoms with Crippen LogP contribution < -0.4 is 0 Å². The molecule has 100 valence electrons. The molecule has 0 N–H and O–H groups in total. The minimum atomic E-state index is -1.61. The number of hydrogen-bond acceptors (Lipinski definition) is 1. The number of rotatable bonds is 7. The average Bonchev–Trinajstić information content (AvgIpc) is 2.20. The molecule has 0 fully saturated rings. The largest absolute Gasteiger partial charge is 0.549 e. The predicted molar refractivity (Wildman–Crippen MR) is 80.7 cm³/mol. The van der Waals surface area contributed by atoms with Crippen LogP contribution in [0.4, 0.5) is 0 Å². The number of allylic oxidation sites excluding steroid dienone is 3. The minimum Gasteiger partial charge on any atom is -0.549 e. The van der Waals surface area contributed by atoms with Gasteiger partial charge in [-0.1, -0.05) is 52.7 Å². The van der Waals surface area contributed by atoms with Gasteiger partial charge in [0.25, 0.3) is 0 Å². The first-order valence-electron chi connectivity index (χ1n) is 6.81. The van der Waals surface area contributed by atoms with Crippen LogP contribution in [0.25, 0.3) is 0 Å². The summed E-state index contributed by atoms with van der Waals surface area (Å²) in [4.78, 5) is 0. The molecule has 0 unspecified atom stereocenters. The van der Waals surface area contributed by atoms with Gasteiger partial charge >= 0.3 is 0 Å². The van der Waals surface area contributed by atoms with Crippen molar-refractivity contribution in [3.05, 3.63) is 24.5 Å². The lowest BCUT2D eigenvalue weighted by atomic mass is 10.2. The van der Waals surface area contributed by atoms with Crippen molar-refractivity contribution in [2.24, 2.45) is 0 Å². The molecular weight excluding hydrogens is 224 g/mol. The van der Waals surface area contributed by atoms with E-state index < -0.39 is 8.32 Å². The van der Waals surface area contributed by atoms with Crippen molar-refractivity contribution in [2.75, 3.05) is 0 Å². The molecule has 0 aliphatic heterocycles. The maximum Gasteiger partial charge on any atom is 0.249 e. The molecule has 0 bridgehead atoms. The summed E-state index contributed by atoms with van der Waals surface area (Å²) in [6.45, 7) is 13.5. The van der Waals surface area contributed by atoms with Crippen LogP contribution in [0.15, 0.2) is 24.5 Å². The van der Waals surface area contributed by atoms with Gasteiger partial charge in [-0.3, -0.25) is 0 Å². The first-order chi connectivity index (χ1) is 7.81. The molecule has 0 aliphatic carbocycles. The number of hydrogen-bond donors (Lipinski definition) is 0. The second-order valence-electron chi connectivity index (χ2n) is 6.13. The van der Waals surface area contributed by atoms with E-state index in [9.17, 15) is 0 Å². The van der Waals surface area contributed by atoms with Gasteiger partial charge in [0.1, 0.15) is 0 Å². The Balaban J connectivity index is 3.88. The maximum atomic E-state index is 5.93. The Morgan fingerprint density at radius 1 is 1.06 bits per heavy atom. The summed E-state index contributed by atoms with van der Waals surface area (Å²) < 4.78 is 5.93. The highest BCUT2D eigenvalue weighted by atomic mass is 28.4. The van der Waals surface area contributed by atoms with Gasteiger partial charge in [-0.15, -0.1) is 0 Å². The van der Waals surface area contributed by atoms with Crippen LogP contribution in [-0.4, -0.2) is 8.32 Å². The highest BCUT2D eigenvalue weighted by Gasteiger charge is 2.37. The van der Waals surface area contributed by atoms with Gasteiger partial charge in [-0.05, 0) is 37.0 Å². The van der Waals surface area contributed by atoms with Crippen molar-refractivity contribution in [2.45, 2.75) is 71.5 Å². The average molecular weight is 254 g/mol. The van der Waals surface area contributed by atoms with E-state index in [2.05, 4.69) is 52.9 Å². The first-order valence-corrected chi connectivity index (χ1v) is 9.71. The van der Waals surface area contributed by atoms with E-state index >= 15 is 0 Å². The van der Waals surface area contributed by atoms with Crippen LogP contribution in [0.2, 0.25) is 18.1 Å². The zero-order valence-electron chi connectivity index (χ0n) is 12.5. The van der Waals surface area contributed by atoms with E-state index in [1.165, 1.54) is 25.7 Å². The fourth-order valence-corrected chi connectivity index (χ4v) is 1.89. The van der Waals surface area contributed by atoms with Crippen molar-refractivity contribution < 1.29 is 4.43 Å². The molecule has 0 amide bonds. The molecule has 0 aromatic carbocycles. The predicted octanol–water partition coefficient (Wildman–Crippen LogP) is 5.66. The van der Waals surface area contributed by atoms with Crippen LogP contribution >= 0.6 is 0 Å². The Morgan fingerprint density at radius 3 is 2.24 bits per heavy atom. The standard InChI is InChI=1S/C15H30OSi/c1-7-8-9-10-11-12-13-14-16-17(5,6)15(2,3)4/h11-14H,7-10H2,1-6H3/b12-11+,14-13-. The van der Waals surface area contributed by atoms with Crippen LogP contribution in [-0.2, 0) is 4.43 Å². The Labute approximate surface area is 109 Å². The molecular formula is C15H30OSi. The topological polar surface area (TPSA) is 9.23 Å². The quantitative estimate of drug-likeness (QED) is 0.246. The molecule has 0 aromatic heterocycles. The normalized spacial score (nSPS) is 13.8. The molecule has 17 heavy (non-hydrogen) atoms. The Kier molecular flexibility index (Phi) is 7.52. The fourth-order valence-electron chi connectivity index (χ4n) is 1.12. The molecule has 0 rings (SSSR count). The molecule has 0 atom stereocenters. The summed E-state index contributed by atoms with van der Waals surface area (Å²) in [6.07, 6.45) is 13.3. The van der Waals surface area contributed by atoms with Crippen LogP contribution in [0.5, 0.6) is 0 Å². The molecule has 0 aromatic rings. The summed E-state index contributed by atoms with van der Waals surface area (Å²) >= 11 is 0. The van der Waals surface area contributed by atoms with E-state index in [0.29, 0.717) is 0 Å². The Morgan fingerprint density at radius 2 is 1.71 bits per heavy atom. The van der Waals surface area contributed by atoms with Gasteiger partial charge in [0.05, 0.1) is 6.26 Å².